The van der Waals surface area contributed by atoms with Crippen molar-refractivity contribution in [2.24, 2.45) is 0 Å². The van der Waals surface area contributed by atoms with E-state index in [1.165, 1.54) is 5.56 Å². The van der Waals surface area contributed by atoms with Crippen molar-refractivity contribution in [2.75, 3.05) is 5.32 Å². The summed E-state index contributed by atoms with van der Waals surface area (Å²) in [6, 6.07) is 11.4. The van der Waals surface area contributed by atoms with Crippen LogP contribution in [-0.4, -0.2) is 20.7 Å². The van der Waals surface area contributed by atoms with Crippen LogP contribution in [0.3, 0.4) is 0 Å². The fourth-order valence-electron chi connectivity index (χ4n) is 3.26. The molecule has 0 fully saturated rings. The fourth-order valence-corrected chi connectivity index (χ4v) is 3.26. The van der Waals surface area contributed by atoms with Gasteiger partial charge in [0.2, 0.25) is 11.8 Å². The Kier molecular flexibility index (Phi) is 4.80. The third kappa shape index (κ3) is 3.71. The number of carbonyl (C=O) groups excluding carboxylic acids is 1. The van der Waals surface area contributed by atoms with Gasteiger partial charge in [0.1, 0.15) is 6.54 Å². The lowest BCUT2D eigenvalue weighted by Crippen LogP contribution is -2.20. The van der Waals surface area contributed by atoms with Crippen LogP contribution in [0, 0.1) is 27.7 Å². The van der Waals surface area contributed by atoms with E-state index in [1.807, 2.05) is 56.5 Å². The van der Waals surface area contributed by atoms with Gasteiger partial charge < -0.3 is 18.7 Å². The second kappa shape index (κ2) is 7.43. The van der Waals surface area contributed by atoms with Crippen molar-refractivity contribution >= 4 is 11.6 Å². The van der Waals surface area contributed by atoms with Gasteiger partial charge in [0.25, 0.3) is 5.89 Å². The van der Waals surface area contributed by atoms with Crippen LogP contribution in [0.1, 0.15) is 22.5 Å². The second-order valence-corrected chi connectivity index (χ2v) is 7.11. The van der Waals surface area contributed by atoms with Gasteiger partial charge in [0.15, 0.2) is 5.76 Å². The van der Waals surface area contributed by atoms with E-state index in [4.69, 9.17) is 8.83 Å². The van der Waals surface area contributed by atoms with Crippen LogP contribution in [0.4, 0.5) is 5.69 Å². The molecule has 3 aromatic heterocycles. The quantitative estimate of drug-likeness (QED) is 0.535. The number of hydrogen-bond acceptors (Lipinski definition) is 5. The number of rotatable bonds is 5. The molecule has 4 rings (SSSR count). The predicted octanol–water partition coefficient (Wildman–Crippen LogP) is 4.67. The molecule has 3 heterocycles. The third-order valence-electron chi connectivity index (χ3n) is 5.05. The summed E-state index contributed by atoms with van der Waals surface area (Å²) in [6.45, 7) is 8.15. The van der Waals surface area contributed by atoms with Crippen molar-refractivity contribution in [1.29, 1.82) is 0 Å². The van der Waals surface area contributed by atoms with Crippen LogP contribution < -0.4 is 5.32 Å². The van der Waals surface area contributed by atoms with E-state index < -0.39 is 0 Å². The molecule has 0 atom stereocenters. The largest absolute Gasteiger partial charge is 0.459 e. The number of nitrogens with one attached hydrogen (secondary N) is 1. The molecule has 1 N–H and O–H groups in total. The van der Waals surface area contributed by atoms with Crippen molar-refractivity contribution in [3.8, 4) is 23.1 Å². The van der Waals surface area contributed by atoms with Crippen LogP contribution in [0.25, 0.3) is 23.1 Å². The number of aryl methyl sites for hydroxylation is 3. The molecule has 0 aliphatic carbocycles. The summed E-state index contributed by atoms with van der Waals surface area (Å²) in [5, 5.41) is 11.1. The highest BCUT2D eigenvalue weighted by molar-refractivity contribution is 5.91. The van der Waals surface area contributed by atoms with Gasteiger partial charge in [-0.1, -0.05) is 6.07 Å². The van der Waals surface area contributed by atoms with E-state index in [-0.39, 0.29) is 12.5 Å². The molecule has 0 radical (unpaired) electrons. The van der Waals surface area contributed by atoms with E-state index in [0.717, 1.165) is 28.2 Å². The monoisotopic (exact) mass is 390 g/mol. The number of benzene rings is 1. The van der Waals surface area contributed by atoms with E-state index in [2.05, 4.69) is 15.5 Å². The van der Waals surface area contributed by atoms with Crippen LogP contribution in [0.15, 0.2) is 51.5 Å². The van der Waals surface area contributed by atoms with E-state index in [0.29, 0.717) is 17.5 Å². The molecule has 7 nitrogen and oxygen atoms in total. The molecule has 1 amide bonds. The summed E-state index contributed by atoms with van der Waals surface area (Å²) in [4.78, 5) is 12.6. The van der Waals surface area contributed by atoms with Gasteiger partial charge in [0, 0.05) is 17.1 Å². The van der Waals surface area contributed by atoms with Crippen LogP contribution in [0.2, 0.25) is 0 Å². The fraction of sp³-hybridized carbons (Fsp3) is 0.227. The van der Waals surface area contributed by atoms with Crippen molar-refractivity contribution in [3.63, 3.8) is 0 Å². The molecule has 0 bridgehead atoms. The molecule has 148 valence electrons. The highest BCUT2D eigenvalue weighted by atomic mass is 16.4. The maximum atomic E-state index is 12.6. The summed E-state index contributed by atoms with van der Waals surface area (Å²) in [5.41, 5.74) is 5.74. The molecule has 4 aromatic rings. The minimum absolute atomic E-state index is 0.0941. The lowest BCUT2D eigenvalue weighted by Gasteiger charge is -2.11. The first-order valence-electron chi connectivity index (χ1n) is 9.34. The Morgan fingerprint density at radius 1 is 1.03 bits per heavy atom. The van der Waals surface area contributed by atoms with Gasteiger partial charge in [-0.25, -0.2) is 0 Å². The Balaban J connectivity index is 1.54. The standard InChI is InChI=1S/C22H22N4O3/c1-13-7-8-17(10-14(13)2)23-20(27)12-26-15(3)11-18(16(26)4)21-24-25-22(29-21)19-6-5-9-28-19/h5-11H,12H2,1-4H3,(H,23,27). The molecule has 0 saturated carbocycles. The van der Waals surface area contributed by atoms with Crippen LogP contribution in [0.5, 0.6) is 0 Å². The summed E-state index contributed by atoms with van der Waals surface area (Å²) in [5.74, 6) is 1.14. The highest BCUT2D eigenvalue weighted by Crippen LogP contribution is 2.29. The average molecular weight is 390 g/mol. The van der Waals surface area contributed by atoms with E-state index >= 15 is 0 Å². The molecule has 0 unspecified atom stereocenters. The predicted molar refractivity (Wildman–Crippen MR) is 109 cm³/mol. The zero-order valence-corrected chi connectivity index (χ0v) is 16.8. The highest BCUT2D eigenvalue weighted by Gasteiger charge is 2.19. The maximum Gasteiger partial charge on any atom is 0.283 e. The second-order valence-electron chi connectivity index (χ2n) is 7.11. The molecular weight excluding hydrogens is 368 g/mol. The summed E-state index contributed by atoms with van der Waals surface area (Å²) < 4.78 is 13.0. The number of nitrogens with zero attached hydrogens (tertiary/aromatic N) is 3. The Hall–Kier alpha value is -3.61. The SMILES string of the molecule is Cc1ccc(NC(=O)Cn2c(C)cc(-c3nnc(-c4ccco4)o3)c2C)cc1C. The minimum atomic E-state index is -0.0941. The number of aromatic nitrogens is 3. The smallest absolute Gasteiger partial charge is 0.283 e. The van der Waals surface area contributed by atoms with Gasteiger partial charge in [-0.05, 0) is 69.2 Å². The topological polar surface area (TPSA) is 86.1 Å². The Labute approximate surface area is 168 Å². The average Bonchev–Trinajstić information content (AvgIpc) is 3.41. The molecular formula is C22H22N4O3. The molecule has 0 aliphatic heterocycles. The van der Waals surface area contributed by atoms with Crippen LogP contribution >= 0.6 is 0 Å². The number of carbonyl (C=O) groups is 1. The summed E-state index contributed by atoms with van der Waals surface area (Å²) >= 11 is 0. The maximum absolute atomic E-state index is 12.6. The van der Waals surface area contributed by atoms with Crippen molar-refractivity contribution in [1.82, 2.24) is 14.8 Å². The normalized spacial score (nSPS) is 11.0. The Morgan fingerprint density at radius 3 is 2.55 bits per heavy atom. The number of furan rings is 1. The third-order valence-corrected chi connectivity index (χ3v) is 5.05. The van der Waals surface area contributed by atoms with Gasteiger partial charge in [-0.15, -0.1) is 10.2 Å². The lowest BCUT2D eigenvalue weighted by molar-refractivity contribution is -0.116. The first kappa shape index (κ1) is 18.7. The van der Waals surface area contributed by atoms with Gasteiger partial charge in [-0.2, -0.15) is 0 Å². The Morgan fingerprint density at radius 2 is 1.83 bits per heavy atom. The summed E-state index contributed by atoms with van der Waals surface area (Å²) in [7, 11) is 0. The molecule has 29 heavy (non-hydrogen) atoms. The number of amides is 1. The van der Waals surface area contributed by atoms with Crippen molar-refractivity contribution in [3.05, 3.63) is 65.2 Å². The molecule has 0 aliphatic rings. The first-order valence-corrected chi connectivity index (χ1v) is 9.34. The molecule has 0 saturated heterocycles. The van der Waals surface area contributed by atoms with Crippen LogP contribution in [-0.2, 0) is 11.3 Å². The Bertz CT molecular complexity index is 1170. The van der Waals surface area contributed by atoms with Gasteiger partial charge in [-0.3, -0.25) is 4.79 Å². The van der Waals surface area contributed by atoms with Crippen molar-refractivity contribution in [2.45, 2.75) is 34.2 Å². The zero-order chi connectivity index (χ0) is 20.5. The summed E-state index contributed by atoms with van der Waals surface area (Å²) in [6.07, 6.45) is 1.55. The number of anilines is 1. The first-order chi connectivity index (χ1) is 13.9. The molecule has 1 aromatic carbocycles. The van der Waals surface area contributed by atoms with Crippen molar-refractivity contribution < 1.29 is 13.6 Å². The zero-order valence-electron chi connectivity index (χ0n) is 16.8. The van der Waals surface area contributed by atoms with Gasteiger partial charge >= 0.3 is 0 Å². The molecule has 0 spiro atoms. The van der Waals surface area contributed by atoms with Gasteiger partial charge in [0.05, 0.1) is 11.8 Å². The van der Waals surface area contributed by atoms with E-state index in [1.54, 1.807) is 18.4 Å². The molecule has 7 heteroatoms. The minimum Gasteiger partial charge on any atom is -0.459 e. The lowest BCUT2D eigenvalue weighted by atomic mass is 10.1. The van der Waals surface area contributed by atoms with E-state index in [9.17, 15) is 4.79 Å². The number of hydrogen-bond donors (Lipinski definition) is 1.